The molecule has 1 saturated heterocycles. The first-order valence-corrected chi connectivity index (χ1v) is 7.59. The number of nitrogens with zero attached hydrogens (tertiary/aromatic N) is 1. The highest BCUT2D eigenvalue weighted by Crippen LogP contribution is 2.20. The summed E-state index contributed by atoms with van der Waals surface area (Å²) in [6.07, 6.45) is 2.30. The molecule has 2 heterocycles. The normalized spacial score (nSPS) is 22.1. The highest BCUT2D eigenvalue weighted by Gasteiger charge is 2.20. The molecule has 2 aromatic rings. The molecular weight excluding hydrogens is 248 g/mol. The van der Waals surface area contributed by atoms with Crippen molar-refractivity contribution in [2.75, 3.05) is 18.8 Å². The van der Waals surface area contributed by atoms with Crippen molar-refractivity contribution in [3.63, 3.8) is 0 Å². The molecule has 96 valence electrons. The van der Waals surface area contributed by atoms with Crippen molar-refractivity contribution in [1.29, 1.82) is 0 Å². The van der Waals surface area contributed by atoms with Crippen LogP contribution in [0, 0.1) is 5.92 Å². The first-order valence-electron chi connectivity index (χ1n) is 6.27. The topological polar surface area (TPSA) is 55.1 Å². The van der Waals surface area contributed by atoms with Gasteiger partial charge in [-0.25, -0.2) is 9.19 Å². The molecule has 4 nitrogen and oxygen atoms in total. The molecular formula is C13H16N2O2S. The molecule has 0 spiro atoms. The van der Waals surface area contributed by atoms with Crippen LogP contribution in [0.4, 0.5) is 0 Å². The van der Waals surface area contributed by atoms with E-state index in [1.807, 2.05) is 24.3 Å². The summed E-state index contributed by atoms with van der Waals surface area (Å²) < 4.78 is 17.7. The summed E-state index contributed by atoms with van der Waals surface area (Å²) in [5.74, 6) is 1.11. The van der Waals surface area contributed by atoms with E-state index in [9.17, 15) is 4.21 Å². The molecule has 1 N–H and O–H groups in total. The molecule has 3 rings (SSSR count). The number of fused-ring (bicyclic) bond motifs is 1. The Balaban J connectivity index is 1.74. The van der Waals surface area contributed by atoms with Crippen LogP contribution in [0.15, 0.2) is 33.9 Å². The van der Waals surface area contributed by atoms with E-state index in [0.717, 1.165) is 31.4 Å². The Morgan fingerprint density at radius 3 is 3.11 bits per heavy atom. The fraction of sp³-hybridized carbons (Fsp3) is 0.462. The lowest BCUT2D eigenvalue weighted by atomic mass is 10.0. The van der Waals surface area contributed by atoms with Gasteiger partial charge in [-0.05, 0) is 44.0 Å². The minimum absolute atomic E-state index is 0.363. The Kier molecular flexibility index (Phi) is 3.43. The first kappa shape index (κ1) is 11.9. The van der Waals surface area contributed by atoms with Gasteiger partial charge in [0.1, 0.15) is 16.3 Å². The van der Waals surface area contributed by atoms with Crippen LogP contribution >= 0.6 is 0 Å². The van der Waals surface area contributed by atoms with Gasteiger partial charge < -0.3 is 9.73 Å². The van der Waals surface area contributed by atoms with Gasteiger partial charge in [0.15, 0.2) is 5.58 Å². The lowest BCUT2D eigenvalue weighted by molar-refractivity contribution is 0.404. The average molecular weight is 264 g/mol. The van der Waals surface area contributed by atoms with Crippen LogP contribution < -0.4 is 5.32 Å². The Hall–Kier alpha value is -1.20. The van der Waals surface area contributed by atoms with Crippen LogP contribution in [0.25, 0.3) is 11.1 Å². The third kappa shape index (κ3) is 2.47. The summed E-state index contributed by atoms with van der Waals surface area (Å²) in [6, 6.07) is 7.53. The largest absolute Gasteiger partial charge is 0.430 e. The minimum atomic E-state index is -1.13. The second kappa shape index (κ2) is 5.20. The number of piperidine rings is 1. The summed E-state index contributed by atoms with van der Waals surface area (Å²) >= 11 is 0. The van der Waals surface area contributed by atoms with Gasteiger partial charge in [-0.15, -0.1) is 0 Å². The summed E-state index contributed by atoms with van der Waals surface area (Å²) in [4.78, 5) is 4.29. The first-order chi connectivity index (χ1) is 8.83. The zero-order valence-corrected chi connectivity index (χ0v) is 10.9. The lowest BCUT2D eigenvalue weighted by Crippen LogP contribution is -2.32. The summed E-state index contributed by atoms with van der Waals surface area (Å²) in [7, 11) is -1.13. The number of hydrogen-bond acceptors (Lipinski definition) is 4. The predicted molar refractivity (Wildman–Crippen MR) is 70.9 cm³/mol. The van der Waals surface area contributed by atoms with Gasteiger partial charge in [-0.2, -0.15) is 0 Å². The van der Waals surface area contributed by atoms with Crippen molar-refractivity contribution in [3.05, 3.63) is 24.3 Å². The standard InChI is InChI=1S/C13H16N2O2S/c16-18(9-10-4-3-7-14-8-10)13-15-11-5-1-2-6-12(11)17-13/h1-2,5-6,10,14H,3-4,7-9H2/t10-,18+/m1/s1. The Morgan fingerprint density at radius 1 is 1.44 bits per heavy atom. The fourth-order valence-electron chi connectivity index (χ4n) is 2.30. The second-order valence-corrected chi connectivity index (χ2v) is 6.05. The Bertz CT molecular complexity index is 528. The maximum atomic E-state index is 12.2. The highest BCUT2D eigenvalue weighted by molar-refractivity contribution is 7.84. The van der Waals surface area contributed by atoms with E-state index in [0.29, 0.717) is 22.5 Å². The van der Waals surface area contributed by atoms with Crippen molar-refractivity contribution >= 4 is 21.9 Å². The monoisotopic (exact) mass is 264 g/mol. The molecule has 0 aliphatic carbocycles. The second-order valence-electron chi connectivity index (χ2n) is 4.67. The number of oxazole rings is 1. The molecule has 18 heavy (non-hydrogen) atoms. The molecule has 0 unspecified atom stereocenters. The van der Waals surface area contributed by atoms with Crippen molar-refractivity contribution in [1.82, 2.24) is 10.3 Å². The molecule has 0 saturated carbocycles. The van der Waals surface area contributed by atoms with Gasteiger partial charge in [0.25, 0.3) is 5.22 Å². The number of para-hydroxylation sites is 2. The quantitative estimate of drug-likeness (QED) is 0.920. The van der Waals surface area contributed by atoms with Gasteiger partial charge >= 0.3 is 0 Å². The SMILES string of the molecule is O=[S@@](C[C@@H]1CCCNC1)c1nc2ccccc2o1. The number of benzene rings is 1. The van der Waals surface area contributed by atoms with E-state index in [1.165, 1.54) is 0 Å². The number of hydrogen-bond donors (Lipinski definition) is 1. The van der Waals surface area contributed by atoms with Gasteiger partial charge in [0.2, 0.25) is 0 Å². The predicted octanol–water partition coefficient (Wildman–Crippen LogP) is 1.93. The maximum Gasteiger partial charge on any atom is 0.287 e. The van der Waals surface area contributed by atoms with Crippen LogP contribution in [-0.4, -0.2) is 28.0 Å². The van der Waals surface area contributed by atoms with Crippen molar-refractivity contribution in [2.45, 2.75) is 18.1 Å². The van der Waals surface area contributed by atoms with Gasteiger partial charge in [-0.1, -0.05) is 12.1 Å². The van der Waals surface area contributed by atoms with E-state index in [4.69, 9.17) is 4.42 Å². The molecule has 0 radical (unpaired) electrons. The zero-order valence-electron chi connectivity index (χ0n) is 10.1. The average Bonchev–Trinajstić information content (AvgIpc) is 2.84. The molecule has 1 aliphatic rings. The highest BCUT2D eigenvalue weighted by atomic mass is 32.2. The molecule has 1 aliphatic heterocycles. The maximum absolute atomic E-state index is 12.2. The fourth-order valence-corrected chi connectivity index (χ4v) is 3.54. The molecule has 1 aromatic carbocycles. The molecule has 1 aromatic heterocycles. The zero-order chi connectivity index (χ0) is 12.4. The smallest absolute Gasteiger partial charge is 0.287 e. The van der Waals surface area contributed by atoms with Crippen LogP contribution in [0.5, 0.6) is 0 Å². The molecule has 5 heteroatoms. The van der Waals surface area contributed by atoms with Crippen molar-refractivity contribution in [3.8, 4) is 0 Å². The van der Waals surface area contributed by atoms with E-state index in [-0.39, 0.29) is 0 Å². The molecule has 2 atom stereocenters. The van der Waals surface area contributed by atoms with E-state index in [2.05, 4.69) is 10.3 Å². The number of rotatable bonds is 3. The van der Waals surface area contributed by atoms with Crippen LogP contribution in [0.2, 0.25) is 0 Å². The summed E-state index contributed by atoms with van der Waals surface area (Å²) in [5, 5.41) is 3.70. The molecule has 0 bridgehead atoms. The Morgan fingerprint density at radius 2 is 2.33 bits per heavy atom. The van der Waals surface area contributed by atoms with Crippen LogP contribution in [-0.2, 0) is 10.8 Å². The minimum Gasteiger partial charge on any atom is -0.430 e. The number of nitrogens with one attached hydrogen (secondary N) is 1. The van der Waals surface area contributed by atoms with E-state index in [1.54, 1.807) is 0 Å². The summed E-state index contributed by atoms with van der Waals surface area (Å²) in [5.41, 5.74) is 1.49. The third-order valence-corrected chi connectivity index (χ3v) is 4.59. The summed E-state index contributed by atoms with van der Waals surface area (Å²) in [6.45, 7) is 2.03. The molecule has 1 fully saturated rings. The van der Waals surface area contributed by atoms with E-state index >= 15 is 0 Å². The molecule has 0 amide bonds. The van der Waals surface area contributed by atoms with Crippen LogP contribution in [0.1, 0.15) is 12.8 Å². The van der Waals surface area contributed by atoms with Crippen LogP contribution in [0.3, 0.4) is 0 Å². The van der Waals surface area contributed by atoms with E-state index < -0.39 is 10.8 Å². The van der Waals surface area contributed by atoms with Gasteiger partial charge in [0, 0.05) is 5.75 Å². The lowest BCUT2D eigenvalue weighted by Gasteiger charge is -2.21. The Labute approximate surface area is 108 Å². The third-order valence-electron chi connectivity index (χ3n) is 3.26. The van der Waals surface area contributed by atoms with Gasteiger partial charge in [-0.3, -0.25) is 0 Å². The number of aromatic nitrogens is 1. The van der Waals surface area contributed by atoms with Crippen molar-refractivity contribution in [2.24, 2.45) is 5.92 Å². The van der Waals surface area contributed by atoms with Gasteiger partial charge in [0.05, 0.1) is 0 Å². The van der Waals surface area contributed by atoms with Crippen molar-refractivity contribution < 1.29 is 8.63 Å².